The molecule has 0 aliphatic carbocycles. The van der Waals surface area contributed by atoms with Crippen molar-refractivity contribution in [2.24, 2.45) is 4.99 Å². The minimum Gasteiger partial charge on any atom is -0.481 e. The number of nitrogens with zero attached hydrogens (tertiary/aromatic N) is 1. The molecule has 0 spiro atoms. The molecule has 0 heterocycles. The molecule has 0 radical (unpaired) electrons. The van der Waals surface area contributed by atoms with Gasteiger partial charge in [-0.05, 0) is 12.8 Å². The zero-order valence-corrected chi connectivity index (χ0v) is 8.20. The highest BCUT2D eigenvalue weighted by atomic mass is 32.2. The minimum atomic E-state index is -0.160. The quantitative estimate of drug-likeness (QED) is 0.399. The van der Waals surface area contributed by atoms with Crippen LogP contribution in [0, 0.1) is 0 Å². The third kappa shape index (κ3) is 4.79. The predicted molar refractivity (Wildman–Crippen MR) is 50.9 cm³/mol. The Balaban J connectivity index is 4.22. The molecule has 0 bridgehead atoms. The first-order chi connectivity index (χ1) is 5.60. The fraction of sp³-hybridized carbons (Fsp3) is 0.429. The number of ether oxygens (including phenoxy) is 1. The fourth-order valence-corrected chi connectivity index (χ4v) is 0.873. The first-order valence-electron chi connectivity index (χ1n) is 3.23. The second-order valence-corrected chi connectivity index (χ2v) is 2.70. The Kier molecular flexibility index (Phi) is 5.19. The molecule has 0 unspecified atom stereocenters. The highest BCUT2D eigenvalue weighted by Crippen LogP contribution is 2.00. The van der Waals surface area contributed by atoms with E-state index in [1.807, 2.05) is 0 Å². The molecule has 0 aliphatic rings. The number of hydrogen-bond donors (Lipinski definition) is 1. The van der Waals surface area contributed by atoms with Crippen molar-refractivity contribution >= 4 is 22.8 Å². The van der Waals surface area contributed by atoms with Crippen molar-refractivity contribution in [3.63, 3.8) is 0 Å². The maximum absolute atomic E-state index is 10.6. The topological polar surface area (TPSA) is 50.7 Å². The van der Waals surface area contributed by atoms with Crippen LogP contribution in [0.4, 0.5) is 0 Å². The Morgan fingerprint density at radius 2 is 2.25 bits per heavy atom. The lowest BCUT2D eigenvalue weighted by atomic mass is 10.7. The molecule has 0 atom stereocenters. The van der Waals surface area contributed by atoms with Gasteiger partial charge >= 0.3 is 0 Å². The van der Waals surface area contributed by atoms with E-state index in [1.165, 1.54) is 25.8 Å². The van der Waals surface area contributed by atoms with Crippen LogP contribution in [-0.2, 0) is 9.53 Å². The van der Waals surface area contributed by atoms with Gasteiger partial charge in [-0.2, -0.15) is 4.99 Å². The van der Waals surface area contributed by atoms with Gasteiger partial charge in [0, 0.05) is 6.92 Å². The van der Waals surface area contributed by atoms with Gasteiger partial charge in [0.1, 0.15) is 0 Å². The smallest absolute Gasteiger partial charge is 0.222 e. The van der Waals surface area contributed by atoms with E-state index in [-0.39, 0.29) is 11.8 Å². The largest absolute Gasteiger partial charge is 0.481 e. The minimum absolute atomic E-state index is 0.160. The summed E-state index contributed by atoms with van der Waals surface area (Å²) in [5.74, 6) is 0.111. The lowest BCUT2D eigenvalue weighted by Gasteiger charge is -2.03. The molecule has 4 nitrogen and oxygen atoms in total. The summed E-state index contributed by atoms with van der Waals surface area (Å²) < 4.78 is 4.72. The predicted octanol–water partition coefficient (Wildman–Crippen LogP) is 0.959. The van der Waals surface area contributed by atoms with Gasteiger partial charge < -0.3 is 10.1 Å². The molecule has 0 aliphatic heterocycles. The number of carbonyl (C=O) groups is 1. The number of amidine groups is 1. The van der Waals surface area contributed by atoms with Crippen molar-refractivity contribution in [3.8, 4) is 0 Å². The van der Waals surface area contributed by atoms with E-state index < -0.39 is 0 Å². The number of thioether (sulfide) groups is 1. The van der Waals surface area contributed by atoms with Gasteiger partial charge in [0.25, 0.3) is 0 Å². The van der Waals surface area contributed by atoms with Crippen molar-refractivity contribution in [1.29, 1.82) is 0 Å². The van der Waals surface area contributed by atoms with Crippen LogP contribution in [-0.4, -0.2) is 24.4 Å². The standard InChI is InChI=1S/C7H12N2O2S/c1-5(10)8-7(12-4)9-6(2)11-3/h2H2,1,3-4H3,(H,8,9,10). The van der Waals surface area contributed by atoms with Crippen LogP contribution >= 0.6 is 11.8 Å². The molecular formula is C7H12N2O2S. The Morgan fingerprint density at radius 3 is 2.58 bits per heavy atom. The summed E-state index contributed by atoms with van der Waals surface area (Å²) in [5, 5.41) is 3.01. The van der Waals surface area contributed by atoms with Crippen molar-refractivity contribution in [1.82, 2.24) is 5.32 Å². The maximum Gasteiger partial charge on any atom is 0.222 e. The van der Waals surface area contributed by atoms with Crippen LogP contribution < -0.4 is 5.32 Å². The van der Waals surface area contributed by atoms with Gasteiger partial charge in [-0.25, -0.2) is 0 Å². The molecule has 0 fully saturated rings. The number of nitrogens with one attached hydrogen (secondary N) is 1. The van der Waals surface area contributed by atoms with Crippen molar-refractivity contribution < 1.29 is 9.53 Å². The molecule has 0 aromatic carbocycles. The average molecular weight is 188 g/mol. The van der Waals surface area contributed by atoms with E-state index in [2.05, 4.69) is 16.9 Å². The summed E-state index contributed by atoms with van der Waals surface area (Å²) in [5.41, 5.74) is 0. The fourth-order valence-electron chi connectivity index (χ4n) is 0.434. The monoisotopic (exact) mass is 188 g/mol. The summed E-state index contributed by atoms with van der Waals surface area (Å²) in [7, 11) is 1.47. The van der Waals surface area contributed by atoms with E-state index in [0.717, 1.165) is 0 Å². The summed E-state index contributed by atoms with van der Waals surface area (Å²) in [6.07, 6.45) is 1.80. The van der Waals surface area contributed by atoms with Crippen molar-refractivity contribution in [2.45, 2.75) is 6.92 Å². The Hall–Kier alpha value is -0.970. The number of methoxy groups -OCH3 is 1. The van der Waals surface area contributed by atoms with E-state index >= 15 is 0 Å². The third-order valence-electron chi connectivity index (χ3n) is 0.938. The van der Waals surface area contributed by atoms with Gasteiger partial charge in [0.15, 0.2) is 5.17 Å². The summed E-state index contributed by atoms with van der Waals surface area (Å²) in [6.45, 7) is 4.91. The molecular weight excluding hydrogens is 176 g/mol. The summed E-state index contributed by atoms with van der Waals surface area (Å²) in [4.78, 5) is 14.5. The molecule has 1 amide bonds. The molecule has 0 saturated carbocycles. The molecule has 1 N–H and O–H groups in total. The lowest BCUT2D eigenvalue weighted by Crippen LogP contribution is -2.25. The first-order valence-corrected chi connectivity index (χ1v) is 4.45. The van der Waals surface area contributed by atoms with E-state index in [1.54, 1.807) is 6.26 Å². The lowest BCUT2D eigenvalue weighted by molar-refractivity contribution is -0.117. The SMILES string of the molecule is C=C(/N=C(\NC(C)=O)SC)OC. The van der Waals surface area contributed by atoms with Gasteiger partial charge in [-0.3, -0.25) is 4.79 Å². The second kappa shape index (κ2) is 5.65. The van der Waals surface area contributed by atoms with Crippen LogP contribution in [0.15, 0.2) is 17.5 Å². The number of carbonyl (C=O) groups excluding carboxylic acids is 1. The molecule has 0 rings (SSSR count). The molecule has 0 aromatic rings. The second-order valence-electron chi connectivity index (χ2n) is 1.90. The third-order valence-corrected chi connectivity index (χ3v) is 1.52. The van der Waals surface area contributed by atoms with Gasteiger partial charge in [-0.1, -0.05) is 11.8 Å². The first kappa shape index (κ1) is 11.0. The van der Waals surface area contributed by atoms with Gasteiger partial charge in [0.2, 0.25) is 11.8 Å². The molecule has 68 valence electrons. The number of amides is 1. The Bertz CT molecular complexity index is 213. The van der Waals surface area contributed by atoms with E-state index in [4.69, 9.17) is 4.74 Å². The number of rotatable bonds is 2. The van der Waals surface area contributed by atoms with E-state index in [0.29, 0.717) is 5.17 Å². The average Bonchev–Trinajstić information content (AvgIpc) is 2.02. The highest BCUT2D eigenvalue weighted by Gasteiger charge is 1.99. The van der Waals surface area contributed by atoms with Gasteiger partial charge in [-0.15, -0.1) is 0 Å². The van der Waals surface area contributed by atoms with Crippen LogP contribution in [0.3, 0.4) is 0 Å². The van der Waals surface area contributed by atoms with Crippen molar-refractivity contribution in [3.05, 3.63) is 12.5 Å². The molecule has 0 aromatic heterocycles. The zero-order chi connectivity index (χ0) is 9.56. The Morgan fingerprint density at radius 1 is 1.67 bits per heavy atom. The van der Waals surface area contributed by atoms with E-state index in [9.17, 15) is 4.79 Å². The van der Waals surface area contributed by atoms with Crippen LogP contribution in [0.1, 0.15) is 6.92 Å². The van der Waals surface area contributed by atoms with Crippen LogP contribution in [0.25, 0.3) is 0 Å². The zero-order valence-electron chi connectivity index (χ0n) is 7.38. The maximum atomic E-state index is 10.6. The number of aliphatic imine (C=N–C) groups is 1. The highest BCUT2D eigenvalue weighted by molar-refractivity contribution is 8.13. The number of hydrogen-bond acceptors (Lipinski definition) is 4. The van der Waals surface area contributed by atoms with Gasteiger partial charge in [0.05, 0.1) is 7.11 Å². The molecule has 0 saturated heterocycles. The molecule has 5 heteroatoms. The molecule has 12 heavy (non-hydrogen) atoms. The van der Waals surface area contributed by atoms with Crippen LogP contribution in [0.5, 0.6) is 0 Å². The summed E-state index contributed by atoms with van der Waals surface area (Å²) >= 11 is 1.32. The van der Waals surface area contributed by atoms with Crippen LogP contribution in [0.2, 0.25) is 0 Å². The van der Waals surface area contributed by atoms with Crippen molar-refractivity contribution in [2.75, 3.05) is 13.4 Å². The summed E-state index contributed by atoms with van der Waals surface area (Å²) in [6, 6.07) is 0. The normalized spacial score (nSPS) is 10.8. The Labute approximate surface area is 76.1 Å².